The van der Waals surface area contributed by atoms with Crippen LogP contribution in [0.4, 0.5) is 0 Å². The lowest BCUT2D eigenvalue weighted by Crippen LogP contribution is -2.36. The van der Waals surface area contributed by atoms with Gasteiger partial charge in [0.15, 0.2) is 0 Å². The molecule has 2 heteroatoms. The highest BCUT2D eigenvalue weighted by Crippen LogP contribution is 2.39. The highest BCUT2D eigenvalue weighted by atomic mass is 32.1. The molecular formula is C19H33NS. The van der Waals surface area contributed by atoms with E-state index in [1.807, 2.05) is 11.3 Å². The zero-order valence-corrected chi connectivity index (χ0v) is 15.1. The molecule has 1 aromatic rings. The Kier molecular flexibility index (Phi) is 6.75. The summed E-state index contributed by atoms with van der Waals surface area (Å²) in [5.74, 6) is 4.29. The van der Waals surface area contributed by atoms with Crippen molar-refractivity contribution in [2.45, 2.75) is 53.4 Å². The van der Waals surface area contributed by atoms with Crippen LogP contribution >= 0.6 is 11.3 Å². The molecule has 0 spiro atoms. The van der Waals surface area contributed by atoms with Crippen LogP contribution in [-0.2, 0) is 6.42 Å². The number of thiophene rings is 1. The third-order valence-electron chi connectivity index (χ3n) is 5.16. The van der Waals surface area contributed by atoms with Gasteiger partial charge in [0, 0.05) is 0 Å². The normalized spacial score (nSPS) is 26.7. The second kappa shape index (κ2) is 8.33. The van der Waals surface area contributed by atoms with Gasteiger partial charge in [0.25, 0.3) is 0 Å². The van der Waals surface area contributed by atoms with Crippen LogP contribution < -0.4 is 5.32 Å². The second-order valence-corrected chi connectivity index (χ2v) is 8.51. The molecule has 3 unspecified atom stereocenters. The smallest absolute Gasteiger partial charge is 0.00176 e. The van der Waals surface area contributed by atoms with Crippen LogP contribution in [0.5, 0.6) is 0 Å². The molecule has 1 nitrogen and oxygen atoms in total. The van der Waals surface area contributed by atoms with Gasteiger partial charge in [-0.2, -0.15) is 11.3 Å². The molecule has 1 N–H and O–H groups in total. The van der Waals surface area contributed by atoms with Crippen LogP contribution in [0.15, 0.2) is 16.8 Å². The van der Waals surface area contributed by atoms with Crippen LogP contribution in [0.25, 0.3) is 0 Å². The van der Waals surface area contributed by atoms with Crippen LogP contribution in [0.1, 0.15) is 52.5 Å². The van der Waals surface area contributed by atoms with Crippen molar-refractivity contribution in [1.29, 1.82) is 0 Å². The Morgan fingerprint density at radius 3 is 2.62 bits per heavy atom. The van der Waals surface area contributed by atoms with E-state index in [0.29, 0.717) is 0 Å². The van der Waals surface area contributed by atoms with E-state index in [1.54, 1.807) is 5.56 Å². The number of rotatable bonds is 7. The molecule has 1 heterocycles. The minimum Gasteiger partial charge on any atom is -0.316 e. The van der Waals surface area contributed by atoms with E-state index in [4.69, 9.17) is 0 Å². The van der Waals surface area contributed by atoms with Gasteiger partial charge >= 0.3 is 0 Å². The SMILES string of the molecule is CC(C)CNCC1CCC(C(C)C)CC1Cc1ccsc1. The van der Waals surface area contributed by atoms with Crippen molar-refractivity contribution in [3.8, 4) is 0 Å². The van der Waals surface area contributed by atoms with Gasteiger partial charge < -0.3 is 5.32 Å². The molecule has 0 saturated heterocycles. The summed E-state index contributed by atoms with van der Waals surface area (Å²) in [6.45, 7) is 11.8. The van der Waals surface area contributed by atoms with Gasteiger partial charge in [-0.25, -0.2) is 0 Å². The Morgan fingerprint density at radius 1 is 1.19 bits per heavy atom. The fourth-order valence-electron chi connectivity index (χ4n) is 3.76. The van der Waals surface area contributed by atoms with E-state index in [1.165, 1.54) is 32.2 Å². The van der Waals surface area contributed by atoms with Crippen molar-refractivity contribution >= 4 is 11.3 Å². The molecule has 0 radical (unpaired) electrons. The molecule has 1 aliphatic rings. The summed E-state index contributed by atoms with van der Waals surface area (Å²) in [6, 6.07) is 2.32. The van der Waals surface area contributed by atoms with Crippen molar-refractivity contribution < 1.29 is 0 Å². The average molecular weight is 308 g/mol. The molecule has 1 aromatic heterocycles. The molecule has 120 valence electrons. The molecule has 1 saturated carbocycles. The maximum Gasteiger partial charge on any atom is -0.00176 e. The van der Waals surface area contributed by atoms with Crippen LogP contribution in [-0.4, -0.2) is 13.1 Å². The second-order valence-electron chi connectivity index (χ2n) is 7.73. The predicted molar refractivity (Wildman–Crippen MR) is 94.9 cm³/mol. The van der Waals surface area contributed by atoms with Gasteiger partial charge in [-0.15, -0.1) is 0 Å². The monoisotopic (exact) mass is 307 g/mol. The van der Waals surface area contributed by atoms with E-state index in [2.05, 4.69) is 49.8 Å². The average Bonchev–Trinajstić information content (AvgIpc) is 2.92. The van der Waals surface area contributed by atoms with Gasteiger partial charge in [0.05, 0.1) is 0 Å². The van der Waals surface area contributed by atoms with Gasteiger partial charge in [0.2, 0.25) is 0 Å². The fraction of sp³-hybridized carbons (Fsp3) is 0.789. The summed E-state index contributed by atoms with van der Waals surface area (Å²) in [5.41, 5.74) is 1.56. The standard InChI is InChI=1S/C19H33NS/c1-14(2)11-20-12-18-6-5-17(15(3)4)10-19(18)9-16-7-8-21-13-16/h7-8,13-15,17-20H,5-6,9-12H2,1-4H3. The maximum absolute atomic E-state index is 3.71. The Morgan fingerprint density at radius 2 is 2.00 bits per heavy atom. The Hall–Kier alpha value is -0.340. The molecule has 21 heavy (non-hydrogen) atoms. The van der Waals surface area contributed by atoms with Crippen LogP contribution in [0.2, 0.25) is 0 Å². The molecule has 3 atom stereocenters. The van der Waals surface area contributed by atoms with E-state index in [0.717, 1.165) is 36.1 Å². The zero-order valence-electron chi connectivity index (χ0n) is 14.3. The van der Waals surface area contributed by atoms with Crippen molar-refractivity contribution in [1.82, 2.24) is 5.32 Å². The van der Waals surface area contributed by atoms with Gasteiger partial charge in [-0.1, -0.05) is 27.7 Å². The molecule has 0 amide bonds. The third kappa shape index (κ3) is 5.41. The molecule has 1 aliphatic carbocycles. The van der Waals surface area contributed by atoms with Crippen LogP contribution in [0.3, 0.4) is 0 Å². The first-order chi connectivity index (χ1) is 10.1. The number of hydrogen-bond acceptors (Lipinski definition) is 2. The molecule has 2 rings (SSSR count). The van der Waals surface area contributed by atoms with Gasteiger partial charge in [-0.05, 0) is 90.8 Å². The first-order valence-electron chi connectivity index (χ1n) is 8.78. The maximum atomic E-state index is 3.71. The lowest BCUT2D eigenvalue weighted by Gasteiger charge is -2.38. The molecule has 1 fully saturated rings. The van der Waals surface area contributed by atoms with E-state index >= 15 is 0 Å². The number of nitrogens with one attached hydrogen (secondary N) is 1. The van der Waals surface area contributed by atoms with Crippen molar-refractivity contribution in [3.05, 3.63) is 22.4 Å². The fourth-order valence-corrected chi connectivity index (χ4v) is 4.44. The van der Waals surface area contributed by atoms with Crippen molar-refractivity contribution in [3.63, 3.8) is 0 Å². The van der Waals surface area contributed by atoms with Crippen LogP contribution in [0, 0.1) is 29.6 Å². The van der Waals surface area contributed by atoms with E-state index < -0.39 is 0 Å². The molecule has 0 aliphatic heterocycles. The Balaban J connectivity index is 1.93. The summed E-state index contributed by atoms with van der Waals surface area (Å²) in [5, 5.41) is 8.28. The largest absolute Gasteiger partial charge is 0.316 e. The predicted octanol–water partition coefficient (Wildman–Crippen LogP) is 5.22. The van der Waals surface area contributed by atoms with Crippen molar-refractivity contribution in [2.75, 3.05) is 13.1 Å². The summed E-state index contributed by atoms with van der Waals surface area (Å²) < 4.78 is 0. The highest BCUT2D eigenvalue weighted by molar-refractivity contribution is 7.07. The Bertz CT molecular complexity index is 380. The third-order valence-corrected chi connectivity index (χ3v) is 5.89. The summed E-state index contributed by atoms with van der Waals surface area (Å²) in [7, 11) is 0. The topological polar surface area (TPSA) is 12.0 Å². The highest BCUT2D eigenvalue weighted by Gasteiger charge is 2.31. The zero-order chi connectivity index (χ0) is 15.2. The minimum absolute atomic E-state index is 0.757. The quantitative estimate of drug-likeness (QED) is 0.728. The van der Waals surface area contributed by atoms with Gasteiger partial charge in [0.1, 0.15) is 0 Å². The molecule has 0 aromatic carbocycles. The summed E-state index contributed by atoms with van der Waals surface area (Å²) in [4.78, 5) is 0. The van der Waals surface area contributed by atoms with E-state index in [-0.39, 0.29) is 0 Å². The summed E-state index contributed by atoms with van der Waals surface area (Å²) >= 11 is 1.84. The lowest BCUT2D eigenvalue weighted by atomic mass is 9.69. The Labute approximate surface area is 135 Å². The minimum atomic E-state index is 0.757. The van der Waals surface area contributed by atoms with Crippen molar-refractivity contribution in [2.24, 2.45) is 29.6 Å². The molecular weight excluding hydrogens is 274 g/mol. The number of hydrogen-bond donors (Lipinski definition) is 1. The van der Waals surface area contributed by atoms with E-state index in [9.17, 15) is 0 Å². The first kappa shape index (κ1) is 17.0. The van der Waals surface area contributed by atoms with Gasteiger partial charge in [-0.3, -0.25) is 0 Å². The molecule has 0 bridgehead atoms. The lowest BCUT2D eigenvalue weighted by molar-refractivity contribution is 0.144. The first-order valence-corrected chi connectivity index (χ1v) is 9.72. The summed E-state index contributed by atoms with van der Waals surface area (Å²) in [6.07, 6.45) is 5.58.